The van der Waals surface area contributed by atoms with Crippen molar-refractivity contribution in [2.75, 3.05) is 57.1 Å². The Morgan fingerprint density at radius 1 is 1.21 bits per heavy atom. The molecule has 29 heavy (non-hydrogen) atoms. The van der Waals surface area contributed by atoms with Crippen LogP contribution in [0, 0.1) is 10.1 Å². The first kappa shape index (κ1) is 19.2. The van der Waals surface area contributed by atoms with Crippen LogP contribution in [0.4, 0.5) is 17.1 Å². The van der Waals surface area contributed by atoms with E-state index in [1.165, 1.54) is 12.1 Å². The van der Waals surface area contributed by atoms with Gasteiger partial charge >= 0.3 is 0 Å². The maximum atomic E-state index is 11.2. The highest BCUT2D eigenvalue weighted by Gasteiger charge is 2.18. The first-order valence-electron chi connectivity index (χ1n) is 9.55. The molecule has 0 bridgehead atoms. The molecule has 1 fully saturated rings. The standard InChI is InChI=1S/C20H24N6O3/c1-29-11-10-24-6-8-25(9-7-24)15-3-5-17-18(13-15)23-20(22-17)14-2-4-16(21)19(12-14)26(27)28/h2-5,12-13H,6-11,21H2,1H3,(H,22,23). The number of H-pyrrole nitrogens is 1. The normalized spacial score (nSPS) is 15.1. The van der Waals surface area contributed by atoms with E-state index >= 15 is 0 Å². The van der Waals surface area contributed by atoms with Gasteiger partial charge in [-0.05, 0) is 30.3 Å². The van der Waals surface area contributed by atoms with Crippen LogP contribution in [-0.2, 0) is 4.74 Å². The number of rotatable bonds is 6. The second-order valence-electron chi connectivity index (χ2n) is 7.14. The fourth-order valence-corrected chi connectivity index (χ4v) is 3.63. The van der Waals surface area contributed by atoms with Crippen molar-refractivity contribution in [2.24, 2.45) is 0 Å². The Morgan fingerprint density at radius 2 is 2.00 bits per heavy atom. The number of imidazole rings is 1. The molecule has 9 nitrogen and oxygen atoms in total. The van der Waals surface area contributed by atoms with Crippen molar-refractivity contribution in [3.63, 3.8) is 0 Å². The van der Waals surface area contributed by atoms with Crippen LogP contribution >= 0.6 is 0 Å². The van der Waals surface area contributed by atoms with Crippen molar-refractivity contribution in [3.05, 3.63) is 46.5 Å². The quantitative estimate of drug-likeness (QED) is 0.374. The highest BCUT2D eigenvalue weighted by atomic mass is 16.6. The van der Waals surface area contributed by atoms with Crippen molar-refractivity contribution < 1.29 is 9.66 Å². The van der Waals surface area contributed by atoms with Gasteiger partial charge in [0.15, 0.2) is 0 Å². The van der Waals surface area contributed by atoms with E-state index in [2.05, 4.69) is 31.9 Å². The van der Waals surface area contributed by atoms with Gasteiger partial charge in [-0.15, -0.1) is 0 Å². The number of piperazine rings is 1. The van der Waals surface area contributed by atoms with Crippen LogP contribution in [0.25, 0.3) is 22.4 Å². The average molecular weight is 396 g/mol. The number of aromatic amines is 1. The molecule has 0 amide bonds. The van der Waals surface area contributed by atoms with Gasteiger partial charge in [0.2, 0.25) is 0 Å². The van der Waals surface area contributed by atoms with Crippen LogP contribution in [0.1, 0.15) is 0 Å². The molecule has 1 aliphatic rings. The molecule has 1 aliphatic heterocycles. The van der Waals surface area contributed by atoms with E-state index in [9.17, 15) is 10.1 Å². The van der Waals surface area contributed by atoms with Gasteiger partial charge < -0.3 is 20.4 Å². The summed E-state index contributed by atoms with van der Waals surface area (Å²) >= 11 is 0. The van der Waals surface area contributed by atoms with Gasteiger partial charge in [0.05, 0.1) is 22.6 Å². The summed E-state index contributed by atoms with van der Waals surface area (Å²) in [4.78, 5) is 23.3. The minimum atomic E-state index is -0.480. The Morgan fingerprint density at radius 3 is 2.72 bits per heavy atom. The first-order chi connectivity index (χ1) is 14.0. The lowest BCUT2D eigenvalue weighted by Gasteiger charge is -2.35. The van der Waals surface area contributed by atoms with Crippen LogP contribution < -0.4 is 10.6 Å². The summed E-state index contributed by atoms with van der Waals surface area (Å²) < 4.78 is 5.16. The van der Waals surface area contributed by atoms with E-state index in [0.29, 0.717) is 11.4 Å². The third-order valence-corrected chi connectivity index (χ3v) is 5.32. The summed E-state index contributed by atoms with van der Waals surface area (Å²) in [6.45, 7) is 5.63. The maximum absolute atomic E-state index is 11.2. The van der Waals surface area contributed by atoms with E-state index in [4.69, 9.17) is 10.5 Å². The zero-order valence-electron chi connectivity index (χ0n) is 16.3. The van der Waals surface area contributed by atoms with Gasteiger partial charge in [-0.25, -0.2) is 4.98 Å². The number of hydrogen-bond acceptors (Lipinski definition) is 7. The molecule has 1 saturated heterocycles. The number of benzene rings is 2. The fourth-order valence-electron chi connectivity index (χ4n) is 3.63. The summed E-state index contributed by atoms with van der Waals surface area (Å²) in [5, 5.41) is 11.2. The third kappa shape index (κ3) is 4.01. The lowest BCUT2D eigenvalue weighted by Crippen LogP contribution is -2.47. The molecule has 0 aliphatic carbocycles. The number of nitrogens with zero attached hydrogens (tertiary/aromatic N) is 4. The minimum Gasteiger partial charge on any atom is -0.393 e. The monoisotopic (exact) mass is 396 g/mol. The molecule has 2 heterocycles. The average Bonchev–Trinajstić information content (AvgIpc) is 3.16. The number of nitro benzene ring substituents is 1. The number of nitrogen functional groups attached to an aromatic ring is 1. The van der Waals surface area contributed by atoms with Crippen LogP contribution in [0.3, 0.4) is 0 Å². The number of nitrogens with one attached hydrogen (secondary N) is 1. The van der Waals surface area contributed by atoms with Crippen molar-refractivity contribution in [1.29, 1.82) is 0 Å². The molecule has 0 atom stereocenters. The first-order valence-corrected chi connectivity index (χ1v) is 9.55. The van der Waals surface area contributed by atoms with E-state index in [1.54, 1.807) is 13.2 Å². The number of ether oxygens (including phenoxy) is 1. The summed E-state index contributed by atoms with van der Waals surface area (Å²) in [5.74, 6) is 0.588. The van der Waals surface area contributed by atoms with Gasteiger partial charge in [0.1, 0.15) is 11.5 Å². The number of aromatic nitrogens is 2. The number of nitrogens with two attached hydrogens (primary N) is 1. The van der Waals surface area contributed by atoms with Crippen molar-refractivity contribution in [2.45, 2.75) is 0 Å². The zero-order valence-corrected chi connectivity index (χ0v) is 16.3. The zero-order chi connectivity index (χ0) is 20.4. The SMILES string of the molecule is COCCN1CCN(c2ccc3[nH]c(-c4ccc(N)c([N+](=O)[O-])c4)nc3c2)CC1. The third-order valence-electron chi connectivity index (χ3n) is 5.32. The lowest BCUT2D eigenvalue weighted by molar-refractivity contribution is -0.383. The van der Waals surface area contributed by atoms with Gasteiger partial charge in [-0.1, -0.05) is 0 Å². The second-order valence-corrected chi connectivity index (χ2v) is 7.14. The highest BCUT2D eigenvalue weighted by molar-refractivity contribution is 5.83. The number of nitro groups is 1. The van der Waals surface area contributed by atoms with Crippen molar-refractivity contribution in [1.82, 2.24) is 14.9 Å². The number of hydrogen-bond donors (Lipinski definition) is 2. The molecule has 3 N–H and O–H groups in total. The summed E-state index contributed by atoms with van der Waals surface area (Å²) in [6.07, 6.45) is 0. The number of methoxy groups -OCH3 is 1. The molecule has 2 aromatic carbocycles. The van der Waals surface area contributed by atoms with Crippen molar-refractivity contribution in [3.8, 4) is 11.4 Å². The van der Waals surface area contributed by atoms with Gasteiger partial charge in [-0.3, -0.25) is 15.0 Å². The van der Waals surface area contributed by atoms with Crippen LogP contribution in [-0.4, -0.2) is 66.2 Å². The molecule has 0 saturated carbocycles. The molecule has 152 valence electrons. The second kappa shape index (κ2) is 8.06. The Bertz CT molecular complexity index is 1030. The number of fused-ring (bicyclic) bond motifs is 1. The van der Waals surface area contributed by atoms with E-state index in [-0.39, 0.29) is 11.4 Å². The molecule has 0 radical (unpaired) electrons. The molecule has 0 unspecified atom stereocenters. The van der Waals surface area contributed by atoms with Crippen LogP contribution in [0.15, 0.2) is 36.4 Å². The maximum Gasteiger partial charge on any atom is 0.292 e. The Kier molecular flexibility index (Phi) is 5.32. The van der Waals surface area contributed by atoms with Gasteiger partial charge in [0.25, 0.3) is 5.69 Å². The Balaban J connectivity index is 1.54. The highest BCUT2D eigenvalue weighted by Crippen LogP contribution is 2.29. The molecular formula is C20H24N6O3. The Labute approximate surface area is 168 Å². The molecule has 4 rings (SSSR count). The Hall–Kier alpha value is -3.17. The van der Waals surface area contributed by atoms with Gasteiger partial charge in [0, 0.05) is 57.2 Å². The molecule has 3 aromatic rings. The summed E-state index contributed by atoms with van der Waals surface area (Å²) in [6, 6.07) is 10.9. The molecule has 1 aromatic heterocycles. The van der Waals surface area contributed by atoms with Crippen molar-refractivity contribution >= 4 is 28.1 Å². The predicted molar refractivity (Wildman–Crippen MR) is 113 cm³/mol. The minimum absolute atomic E-state index is 0.116. The van der Waals surface area contributed by atoms with Crippen LogP contribution in [0.2, 0.25) is 0 Å². The summed E-state index contributed by atoms with van der Waals surface area (Å²) in [7, 11) is 1.73. The smallest absolute Gasteiger partial charge is 0.292 e. The number of anilines is 2. The molecule has 9 heteroatoms. The van der Waals surface area contributed by atoms with Crippen LogP contribution in [0.5, 0.6) is 0 Å². The van der Waals surface area contributed by atoms with Gasteiger partial charge in [-0.2, -0.15) is 0 Å². The van der Waals surface area contributed by atoms with E-state index in [0.717, 1.165) is 56.1 Å². The topological polar surface area (TPSA) is 114 Å². The molecular weight excluding hydrogens is 372 g/mol. The predicted octanol–water partition coefficient (Wildman–Crippen LogP) is 2.49. The largest absolute Gasteiger partial charge is 0.393 e. The fraction of sp³-hybridized carbons (Fsp3) is 0.350. The lowest BCUT2D eigenvalue weighted by atomic mass is 10.1. The van der Waals surface area contributed by atoms with E-state index < -0.39 is 4.92 Å². The van der Waals surface area contributed by atoms with E-state index in [1.807, 2.05) is 6.07 Å². The summed E-state index contributed by atoms with van der Waals surface area (Å²) in [5.41, 5.74) is 9.21. The molecule has 0 spiro atoms.